The summed E-state index contributed by atoms with van der Waals surface area (Å²) in [7, 11) is 0. The Balaban J connectivity index is 1.53. The number of likely N-dealkylation sites (tertiary alicyclic amines) is 1. The molecule has 1 saturated carbocycles. The van der Waals surface area contributed by atoms with Gasteiger partial charge in [-0.05, 0) is 36.3 Å². The molecule has 0 spiro atoms. The van der Waals surface area contributed by atoms with E-state index in [0.29, 0.717) is 5.91 Å². The van der Waals surface area contributed by atoms with Crippen LogP contribution in [0.4, 0.5) is 5.69 Å². The summed E-state index contributed by atoms with van der Waals surface area (Å²) in [5.41, 5.74) is 2.32. The molecule has 3 aliphatic rings. The Morgan fingerprint density at radius 2 is 1.89 bits per heavy atom. The highest BCUT2D eigenvalue weighted by Crippen LogP contribution is 2.40. The molecule has 3 atom stereocenters. The van der Waals surface area contributed by atoms with Crippen molar-refractivity contribution in [1.82, 2.24) is 4.90 Å². The summed E-state index contributed by atoms with van der Waals surface area (Å²) in [6.07, 6.45) is 4.02. The number of carbonyl (C=O) groups is 1. The lowest BCUT2D eigenvalue weighted by atomic mass is 10.00. The Morgan fingerprint density at radius 1 is 1.16 bits per heavy atom. The Morgan fingerprint density at radius 3 is 2.68 bits per heavy atom. The quantitative estimate of drug-likeness (QED) is 0.837. The maximum atomic E-state index is 12.7. The fourth-order valence-electron chi connectivity index (χ4n) is 4.14. The topological polar surface area (TPSA) is 32.3 Å². The molecule has 3 unspecified atom stereocenters. The minimum Gasteiger partial charge on any atom is -0.384 e. The first-order valence-electron chi connectivity index (χ1n) is 7.44. The number of nitrogens with one attached hydrogen (secondary N) is 1. The molecule has 1 aliphatic carbocycles. The van der Waals surface area contributed by atoms with Gasteiger partial charge in [-0.3, -0.25) is 4.79 Å². The van der Waals surface area contributed by atoms with Crippen molar-refractivity contribution >= 4 is 11.6 Å². The summed E-state index contributed by atoms with van der Waals surface area (Å²) in [4.78, 5) is 14.9. The highest BCUT2D eigenvalue weighted by molar-refractivity contribution is 5.88. The van der Waals surface area contributed by atoms with Crippen LogP contribution in [0, 0.1) is 11.8 Å². The summed E-state index contributed by atoms with van der Waals surface area (Å²) in [5, 5.41) is 3.36. The number of rotatable bonds is 1. The van der Waals surface area contributed by atoms with E-state index in [2.05, 4.69) is 22.3 Å². The number of nitrogens with zero attached hydrogens (tertiary/aromatic N) is 1. The normalized spacial score (nSPS) is 32.0. The number of hydrogen-bond acceptors (Lipinski definition) is 2. The van der Waals surface area contributed by atoms with Crippen molar-refractivity contribution in [3.63, 3.8) is 0 Å². The van der Waals surface area contributed by atoms with Gasteiger partial charge in [0.2, 0.25) is 5.91 Å². The monoisotopic (exact) mass is 256 g/mol. The molecular weight excluding hydrogens is 236 g/mol. The van der Waals surface area contributed by atoms with Gasteiger partial charge in [-0.15, -0.1) is 0 Å². The molecule has 2 fully saturated rings. The van der Waals surface area contributed by atoms with Crippen LogP contribution in [0.15, 0.2) is 24.3 Å². The zero-order valence-corrected chi connectivity index (χ0v) is 11.1. The molecule has 1 amide bonds. The van der Waals surface area contributed by atoms with E-state index < -0.39 is 0 Å². The van der Waals surface area contributed by atoms with Crippen molar-refractivity contribution in [3.05, 3.63) is 29.8 Å². The molecule has 1 aromatic rings. The zero-order chi connectivity index (χ0) is 12.8. The van der Waals surface area contributed by atoms with Crippen LogP contribution < -0.4 is 5.32 Å². The number of amides is 1. The van der Waals surface area contributed by atoms with Crippen molar-refractivity contribution in [2.75, 3.05) is 25.0 Å². The number of anilines is 1. The standard InChI is InChI=1S/C16H20N2O/c19-16(18-9-11-4-3-5-12(11)10-18)14-8-17-15-7-2-1-6-13(14)15/h1-2,6-7,11-12,14,17H,3-5,8-10H2. The third-order valence-corrected chi connectivity index (χ3v) is 5.17. The Bertz CT molecular complexity index is 501. The maximum Gasteiger partial charge on any atom is 0.232 e. The number of carbonyl (C=O) groups excluding carboxylic acids is 1. The van der Waals surface area contributed by atoms with Gasteiger partial charge < -0.3 is 10.2 Å². The molecule has 4 rings (SSSR count). The summed E-state index contributed by atoms with van der Waals surface area (Å²) >= 11 is 0. The average Bonchev–Trinajstić information content (AvgIpc) is 3.11. The molecule has 3 heteroatoms. The third-order valence-electron chi connectivity index (χ3n) is 5.17. The second kappa shape index (κ2) is 4.26. The van der Waals surface area contributed by atoms with Crippen LogP contribution in [0.5, 0.6) is 0 Å². The van der Waals surface area contributed by atoms with Crippen LogP contribution in [0.3, 0.4) is 0 Å². The van der Waals surface area contributed by atoms with Gasteiger partial charge in [0.15, 0.2) is 0 Å². The van der Waals surface area contributed by atoms with Gasteiger partial charge in [0, 0.05) is 25.3 Å². The number of fused-ring (bicyclic) bond motifs is 2. The smallest absolute Gasteiger partial charge is 0.232 e. The van der Waals surface area contributed by atoms with Gasteiger partial charge in [-0.1, -0.05) is 24.6 Å². The first kappa shape index (κ1) is 11.3. The lowest BCUT2D eigenvalue weighted by Gasteiger charge is -2.21. The van der Waals surface area contributed by atoms with Crippen LogP contribution in [-0.4, -0.2) is 30.4 Å². The average molecular weight is 256 g/mol. The Hall–Kier alpha value is -1.51. The van der Waals surface area contributed by atoms with Gasteiger partial charge >= 0.3 is 0 Å². The van der Waals surface area contributed by atoms with Gasteiger partial charge in [0.05, 0.1) is 5.92 Å². The first-order chi connectivity index (χ1) is 9.33. The molecular formula is C16H20N2O. The fraction of sp³-hybridized carbons (Fsp3) is 0.562. The van der Waals surface area contributed by atoms with Crippen LogP contribution in [0.1, 0.15) is 30.7 Å². The van der Waals surface area contributed by atoms with Crippen molar-refractivity contribution < 1.29 is 4.79 Å². The Labute approximate surface area is 114 Å². The molecule has 1 saturated heterocycles. The van der Waals surface area contributed by atoms with E-state index in [4.69, 9.17) is 0 Å². The van der Waals surface area contributed by atoms with E-state index in [1.165, 1.54) is 24.8 Å². The maximum absolute atomic E-state index is 12.7. The van der Waals surface area contributed by atoms with Gasteiger partial charge in [-0.25, -0.2) is 0 Å². The van der Waals surface area contributed by atoms with E-state index in [9.17, 15) is 4.79 Å². The molecule has 2 aliphatic heterocycles. The number of hydrogen-bond donors (Lipinski definition) is 1. The van der Waals surface area contributed by atoms with E-state index in [-0.39, 0.29) is 5.92 Å². The highest BCUT2D eigenvalue weighted by Gasteiger charge is 2.41. The SMILES string of the molecule is O=C(C1CNc2ccccc21)N1CC2CCCC2C1. The minimum absolute atomic E-state index is 0.0371. The number of benzene rings is 1. The van der Waals surface area contributed by atoms with Crippen molar-refractivity contribution in [1.29, 1.82) is 0 Å². The number of para-hydroxylation sites is 1. The second-order valence-corrected chi connectivity index (χ2v) is 6.22. The van der Waals surface area contributed by atoms with Crippen LogP contribution in [0.25, 0.3) is 0 Å². The van der Waals surface area contributed by atoms with Gasteiger partial charge in [0.1, 0.15) is 0 Å². The summed E-state index contributed by atoms with van der Waals surface area (Å²) in [6.45, 7) is 2.77. The summed E-state index contributed by atoms with van der Waals surface area (Å²) < 4.78 is 0. The predicted octanol–water partition coefficient (Wildman–Crippen LogP) is 2.45. The zero-order valence-electron chi connectivity index (χ0n) is 11.1. The molecule has 19 heavy (non-hydrogen) atoms. The van der Waals surface area contributed by atoms with Crippen LogP contribution >= 0.6 is 0 Å². The molecule has 2 heterocycles. The lowest BCUT2D eigenvalue weighted by molar-refractivity contribution is -0.131. The van der Waals surface area contributed by atoms with E-state index in [1.807, 2.05) is 12.1 Å². The van der Waals surface area contributed by atoms with Crippen molar-refractivity contribution in [3.8, 4) is 0 Å². The third kappa shape index (κ3) is 1.75. The molecule has 1 N–H and O–H groups in total. The molecule has 1 aromatic carbocycles. The lowest BCUT2D eigenvalue weighted by Crippen LogP contribution is -2.34. The minimum atomic E-state index is 0.0371. The predicted molar refractivity (Wildman–Crippen MR) is 75.1 cm³/mol. The molecule has 0 bridgehead atoms. The molecule has 3 nitrogen and oxygen atoms in total. The second-order valence-electron chi connectivity index (χ2n) is 6.22. The van der Waals surface area contributed by atoms with E-state index in [0.717, 1.165) is 37.2 Å². The van der Waals surface area contributed by atoms with Crippen molar-refractivity contribution in [2.45, 2.75) is 25.2 Å². The van der Waals surface area contributed by atoms with Crippen LogP contribution in [0.2, 0.25) is 0 Å². The molecule has 0 aromatic heterocycles. The van der Waals surface area contributed by atoms with Crippen molar-refractivity contribution in [2.24, 2.45) is 11.8 Å². The largest absolute Gasteiger partial charge is 0.384 e. The summed E-state index contributed by atoms with van der Waals surface area (Å²) in [6, 6.07) is 8.22. The molecule has 100 valence electrons. The first-order valence-corrected chi connectivity index (χ1v) is 7.44. The van der Waals surface area contributed by atoms with Gasteiger partial charge in [0.25, 0.3) is 0 Å². The van der Waals surface area contributed by atoms with E-state index in [1.54, 1.807) is 0 Å². The van der Waals surface area contributed by atoms with E-state index >= 15 is 0 Å². The fourth-order valence-corrected chi connectivity index (χ4v) is 4.14. The Kier molecular flexibility index (Phi) is 2.54. The summed E-state index contributed by atoms with van der Waals surface area (Å²) in [5.74, 6) is 1.95. The van der Waals surface area contributed by atoms with Gasteiger partial charge in [-0.2, -0.15) is 0 Å². The van der Waals surface area contributed by atoms with Crippen LogP contribution in [-0.2, 0) is 4.79 Å². The highest BCUT2D eigenvalue weighted by atomic mass is 16.2. The molecule has 0 radical (unpaired) electrons.